The van der Waals surface area contributed by atoms with E-state index in [1.807, 2.05) is 30.3 Å². The highest BCUT2D eigenvalue weighted by molar-refractivity contribution is 5.87. The van der Waals surface area contributed by atoms with Crippen molar-refractivity contribution in [1.82, 2.24) is 15.1 Å². The number of carbonyl (C=O) groups excluding carboxylic acids is 1. The Bertz CT molecular complexity index is 513. The summed E-state index contributed by atoms with van der Waals surface area (Å²) >= 11 is 0. The van der Waals surface area contributed by atoms with Crippen molar-refractivity contribution in [3.8, 4) is 0 Å². The summed E-state index contributed by atoms with van der Waals surface area (Å²) in [5.74, 6) is -1.29. The van der Waals surface area contributed by atoms with Gasteiger partial charge in [0.05, 0.1) is 0 Å². The molecule has 6 nitrogen and oxygen atoms in total. The van der Waals surface area contributed by atoms with Crippen molar-refractivity contribution in [2.24, 2.45) is 0 Å². The second-order valence-corrected chi connectivity index (χ2v) is 5.72. The lowest BCUT2D eigenvalue weighted by Gasteiger charge is -2.37. The predicted octanol–water partition coefficient (Wildman–Crippen LogP) is 0.564. The third kappa shape index (κ3) is 4.05. The van der Waals surface area contributed by atoms with E-state index in [4.69, 9.17) is 5.11 Å². The second kappa shape index (κ2) is 7.38. The minimum atomic E-state index is -1.03. The summed E-state index contributed by atoms with van der Waals surface area (Å²) in [6.45, 7) is 4.83. The standard InChI is InChI=1S/C16H23N3O3/c1-12(16(21)22)17-15(20)14(13-6-4-3-5-7-13)19-10-8-18(2)9-11-19/h3-7,12,14H,8-11H2,1-2H3,(H,17,20)(H,21,22)/t12-,14?/m0/s1. The highest BCUT2D eigenvalue weighted by Gasteiger charge is 2.31. The lowest BCUT2D eigenvalue weighted by Crippen LogP contribution is -2.51. The maximum atomic E-state index is 12.6. The highest BCUT2D eigenvalue weighted by atomic mass is 16.4. The van der Waals surface area contributed by atoms with E-state index in [0.29, 0.717) is 0 Å². The zero-order valence-corrected chi connectivity index (χ0v) is 13.0. The van der Waals surface area contributed by atoms with Gasteiger partial charge in [-0.2, -0.15) is 0 Å². The second-order valence-electron chi connectivity index (χ2n) is 5.72. The van der Waals surface area contributed by atoms with Crippen molar-refractivity contribution < 1.29 is 14.7 Å². The fourth-order valence-corrected chi connectivity index (χ4v) is 2.60. The molecule has 2 atom stereocenters. The van der Waals surface area contributed by atoms with Gasteiger partial charge < -0.3 is 15.3 Å². The number of aliphatic carboxylic acids is 1. The summed E-state index contributed by atoms with van der Waals surface area (Å²) < 4.78 is 0. The molecule has 6 heteroatoms. The number of carboxylic acid groups (broad SMARTS) is 1. The van der Waals surface area contributed by atoms with Gasteiger partial charge in [0.1, 0.15) is 12.1 Å². The van der Waals surface area contributed by atoms with Crippen LogP contribution in [0.25, 0.3) is 0 Å². The molecule has 1 aromatic rings. The first kappa shape index (κ1) is 16.5. The van der Waals surface area contributed by atoms with E-state index in [9.17, 15) is 9.59 Å². The van der Waals surface area contributed by atoms with Crippen LogP contribution in [0.3, 0.4) is 0 Å². The molecule has 0 bridgehead atoms. The van der Waals surface area contributed by atoms with Crippen molar-refractivity contribution in [2.45, 2.75) is 19.0 Å². The molecule has 0 aliphatic carbocycles. The van der Waals surface area contributed by atoms with E-state index in [1.54, 1.807) is 0 Å². The van der Waals surface area contributed by atoms with Gasteiger partial charge in [0.15, 0.2) is 0 Å². The topological polar surface area (TPSA) is 72.9 Å². The van der Waals surface area contributed by atoms with Crippen LogP contribution >= 0.6 is 0 Å². The van der Waals surface area contributed by atoms with Crippen molar-refractivity contribution in [2.75, 3.05) is 33.2 Å². The summed E-state index contributed by atoms with van der Waals surface area (Å²) in [5.41, 5.74) is 0.891. The number of amides is 1. The van der Waals surface area contributed by atoms with Gasteiger partial charge in [0.25, 0.3) is 0 Å². The molecule has 1 unspecified atom stereocenters. The van der Waals surface area contributed by atoms with Crippen LogP contribution in [0.4, 0.5) is 0 Å². The number of nitrogens with zero attached hydrogens (tertiary/aromatic N) is 2. The Morgan fingerprint density at radius 3 is 2.27 bits per heavy atom. The minimum Gasteiger partial charge on any atom is -0.480 e. The number of rotatable bonds is 5. The predicted molar refractivity (Wildman–Crippen MR) is 83.5 cm³/mol. The van der Waals surface area contributed by atoms with E-state index in [-0.39, 0.29) is 5.91 Å². The molecule has 1 aromatic carbocycles. The fourth-order valence-electron chi connectivity index (χ4n) is 2.60. The minimum absolute atomic E-state index is 0.259. The average Bonchev–Trinajstić information content (AvgIpc) is 2.50. The third-order valence-electron chi connectivity index (χ3n) is 4.00. The Morgan fingerprint density at radius 1 is 1.14 bits per heavy atom. The fraction of sp³-hybridized carbons (Fsp3) is 0.500. The van der Waals surface area contributed by atoms with Crippen LogP contribution in [0.15, 0.2) is 30.3 Å². The molecule has 0 aromatic heterocycles. The molecule has 2 N–H and O–H groups in total. The Morgan fingerprint density at radius 2 is 1.73 bits per heavy atom. The van der Waals surface area contributed by atoms with Crippen LogP contribution in [0.1, 0.15) is 18.5 Å². The van der Waals surface area contributed by atoms with Crippen LogP contribution in [-0.2, 0) is 9.59 Å². The normalized spacial score (nSPS) is 19.4. The average molecular weight is 305 g/mol. The monoisotopic (exact) mass is 305 g/mol. The molecule has 1 saturated heterocycles. The molecule has 0 saturated carbocycles. The van der Waals surface area contributed by atoms with Crippen LogP contribution in [-0.4, -0.2) is 66.1 Å². The summed E-state index contributed by atoms with van der Waals surface area (Å²) in [5, 5.41) is 11.6. The van der Waals surface area contributed by atoms with Crippen molar-refractivity contribution >= 4 is 11.9 Å². The van der Waals surface area contributed by atoms with Gasteiger partial charge in [-0.25, -0.2) is 0 Å². The molecule has 1 fully saturated rings. The van der Waals surface area contributed by atoms with Gasteiger partial charge in [-0.05, 0) is 19.5 Å². The Hall–Kier alpha value is -1.92. The van der Waals surface area contributed by atoms with Crippen LogP contribution < -0.4 is 5.32 Å². The number of hydrogen-bond donors (Lipinski definition) is 2. The van der Waals surface area contributed by atoms with Gasteiger partial charge >= 0.3 is 5.97 Å². The zero-order chi connectivity index (χ0) is 16.1. The first-order valence-electron chi connectivity index (χ1n) is 7.49. The molecule has 22 heavy (non-hydrogen) atoms. The maximum Gasteiger partial charge on any atom is 0.325 e. The van der Waals surface area contributed by atoms with Gasteiger partial charge in [-0.1, -0.05) is 30.3 Å². The third-order valence-corrected chi connectivity index (χ3v) is 4.00. The number of benzene rings is 1. The molecule has 2 rings (SSSR count). The quantitative estimate of drug-likeness (QED) is 0.832. The molecular formula is C16H23N3O3. The number of nitrogens with one attached hydrogen (secondary N) is 1. The smallest absolute Gasteiger partial charge is 0.325 e. The summed E-state index contributed by atoms with van der Waals surface area (Å²) in [6, 6.07) is 8.17. The first-order chi connectivity index (χ1) is 10.5. The summed E-state index contributed by atoms with van der Waals surface area (Å²) in [6.07, 6.45) is 0. The first-order valence-corrected chi connectivity index (χ1v) is 7.49. The van der Waals surface area contributed by atoms with Crippen molar-refractivity contribution in [1.29, 1.82) is 0 Å². The van der Waals surface area contributed by atoms with E-state index in [0.717, 1.165) is 31.7 Å². The Kier molecular flexibility index (Phi) is 5.51. The van der Waals surface area contributed by atoms with Gasteiger partial charge in [0.2, 0.25) is 5.91 Å². The van der Waals surface area contributed by atoms with Crippen LogP contribution in [0.2, 0.25) is 0 Å². The molecule has 1 aliphatic rings. The van der Waals surface area contributed by atoms with Crippen LogP contribution in [0, 0.1) is 0 Å². The number of piperazine rings is 1. The molecule has 1 heterocycles. The highest BCUT2D eigenvalue weighted by Crippen LogP contribution is 2.22. The van der Waals surface area contributed by atoms with Crippen molar-refractivity contribution in [3.05, 3.63) is 35.9 Å². The van der Waals surface area contributed by atoms with Gasteiger partial charge in [-0.3, -0.25) is 14.5 Å². The lowest BCUT2D eigenvalue weighted by atomic mass is 10.0. The van der Waals surface area contributed by atoms with Gasteiger partial charge in [0, 0.05) is 26.2 Å². The molecule has 1 amide bonds. The SMILES string of the molecule is C[C@H](NC(=O)C(c1ccccc1)N1CCN(C)CC1)C(=O)O. The maximum absolute atomic E-state index is 12.6. The number of hydrogen-bond acceptors (Lipinski definition) is 4. The van der Waals surface area contributed by atoms with E-state index < -0.39 is 18.1 Å². The van der Waals surface area contributed by atoms with Crippen molar-refractivity contribution in [3.63, 3.8) is 0 Å². The molecule has 0 spiro atoms. The molecular weight excluding hydrogens is 282 g/mol. The summed E-state index contributed by atoms with van der Waals surface area (Å²) in [7, 11) is 2.06. The van der Waals surface area contributed by atoms with E-state index >= 15 is 0 Å². The Balaban J connectivity index is 2.18. The van der Waals surface area contributed by atoms with Crippen LogP contribution in [0.5, 0.6) is 0 Å². The largest absolute Gasteiger partial charge is 0.480 e. The Labute approximate surface area is 130 Å². The number of likely N-dealkylation sites (N-methyl/N-ethyl adjacent to an activating group) is 1. The van der Waals surface area contributed by atoms with E-state index in [1.165, 1.54) is 6.92 Å². The molecule has 120 valence electrons. The zero-order valence-electron chi connectivity index (χ0n) is 13.0. The summed E-state index contributed by atoms with van der Waals surface area (Å²) in [4.78, 5) is 27.9. The molecule has 0 radical (unpaired) electrons. The lowest BCUT2D eigenvalue weighted by molar-refractivity contribution is -0.142. The van der Waals surface area contributed by atoms with Gasteiger partial charge in [-0.15, -0.1) is 0 Å². The number of carboxylic acids is 1. The number of carbonyl (C=O) groups is 2. The molecule has 1 aliphatic heterocycles. The van der Waals surface area contributed by atoms with E-state index in [2.05, 4.69) is 22.2 Å².